The van der Waals surface area contributed by atoms with Crippen LogP contribution in [0.5, 0.6) is 17.4 Å². The van der Waals surface area contributed by atoms with Crippen molar-refractivity contribution in [3.8, 4) is 17.4 Å². The van der Waals surface area contributed by atoms with E-state index in [4.69, 9.17) is 9.47 Å². The van der Waals surface area contributed by atoms with Gasteiger partial charge in [0.25, 0.3) is 0 Å². The molecule has 0 fully saturated rings. The summed E-state index contributed by atoms with van der Waals surface area (Å²) in [5.41, 5.74) is 3.83. The van der Waals surface area contributed by atoms with Gasteiger partial charge in [-0.15, -0.1) is 0 Å². The molecule has 0 aliphatic carbocycles. The number of hydroxylamine groups is 1. The number of rotatable bonds is 6. The van der Waals surface area contributed by atoms with Crippen molar-refractivity contribution in [3.05, 3.63) is 84.1 Å². The zero-order valence-corrected chi connectivity index (χ0v) is 14.3. The molecule has 3 aromatic rings. The van der Waals surface area contributed by atoms with Crippen LogP contribution in [0, 0.1) is 0 Å². The van der Waals surface area contributed by atoms with E-state index in [9.17, 15) is 5.21 Å². The molecular weight excluding hydrogens is 330 g/mol. The molecule has 0 aliphatic rings. The SMILES string of the molecule is COc1cccc(Oc2ccc(C(=NCc3ccccc3)NO)cn2)c1. The summed E-state index contributed by atoms with van der Waals surface area (Å²) in [5.74, 6) is 2.11. The number of hydrogen-bond donors (Lipinski definition) is 2. The zero-order valence-electron chi connectivity index (χ0n) is 14.3. The van der Waals surface area contributed by atoms with Crippen molar-refractivity contribution >= 4 is 5.84 Å². The van der Waals surface area contributed by atoms with Crippen LogP contribution in [0.1, 0.15) is 11.1 Å². The average molecular weight is 349 g/mol. The second-order valence-corrected chi connectivity index (χ2v) is 5.43. The highest BCUT2D eigenvalue weighted by molar-refractivity contribution is 5.97. The molecule has 2 N–H and O–H groups in total. The first kappa shape index (κ1) is 17.4. The number of aliphatic imine (C=N–C) groups is 1. The lowest BCUT2D eigenvalue weighted by Gasteiger charge is -2.08. The molecule has 3 rings (SSSR count). The van der Waals surface area contributed by atoms with E-state index in [2.05, 4.69) is 15.5 Å². The van der Waals surface area contributed by atoms with E-state index in [0.29, 0.717) is 35.3 Å². The molecule has 0 radical (unpaired) electrons. The molecule has 26 heavy (non-hydrogen) atoms. The topological polar surface area (TPSA) is 76.0 Å². The Morgan fingerprint density at radius 3 is 2.54 bits per heavy atom. The molecule has 132 valence electrons. The highest BCUT2D eigenvalue weighted by Gasteiger charge is 2.05. The third-order valence-corrected chi connectivity index (χ3v) is 3.64. The Balaban J connectivity index is 1.70. The summed E-state index contributed by atoms with van der Waals surface area (Å²) in [4.78, 5) is 8.64. The first-order valence-corrected chi connectivity index (χ1v) is 8.05. The van der Waals surface area contributed by atoms with Crippen molar-refractivity contribution in [1.29, 1.82) is 0 Å². The number of methoxy groups -OCH3 is 1. The zero-order chi connectivity index (χ0) is 18.2. The number of amidine groups is 1. The van der Waals surface area contributed by atoms with Gasteiger partial charge in [-0.2, -0.15) is 0 Å². The molecule has 1 heterocycles. The van der Waals surface area contributed by atoms with Gasteiger partial charge in [0.1, 0.15) is 11.5 Å². The molecule has 0 aliphatic heterocycles. The van der Waals surface area contributed by atoms with Gasteiger partial charge in [-0.1, -0.05) is 36.4 Å². The van der Waals surface area contributed by atoms with Gasteiger partial charge in [-0.25, -0.2) is 4.98 Å². The fourth-order valence-electron chi connectivity index (χ4n) is 2.31. The minimum atomic E-state index is 0.342. The number of aromatic nitrogens is 1. The van der Waals surface area contributed by atoms with Gasteiger partial charge in [0.05, 0.1) is 13.7 Å². The van der Waals surface area contributed by atoms with Crippen LogP contribution in [-0.2, 0) is 6.54 Å². The highest BCUT2D eigenvalue weighted by atomic mass is 16.5. The molecular formula is C20H19N3O3. The average Bonchev–Trinajstić information content (AvgIpc) is 2.70. The largest absolute Gasteiger partial charge is 0.497 e. The molecule has 0 saturated carbocycles. The van der Waals surface area contributed by atoms with Crippen molar-refractivity contribution < 1.29 is 14.7 Å². The summed E-state index contributed by atoms with van der Waals surface area (Å²) in [5, 5.41) is 9.37. The normalized spacial score (nSPS) is 11.1. The summed E-state index contributed by atoms with van der Waals surface area (Å²) in [6.45, 7) is 0.450. The Kier molecular flexibility index (Phi) is 5.80. The fourth-order valence-corrected chi connectivity index (χ4v) is 2.31. The second-order valence-electron chi connectivity index (χ2n) is 5.43. The number of benzene rings is 2. The molecule has 0 saturated heterocycles. The van der Waals surface area contributed by atoms with E-state index < -0.39 is 0 Å². The number of nitrogens with zero attached hydrogens (tertiary/aromatic N) is 2. The Hall–Kier alpha value is -3.38. The molecule has 6 heteroatoms. The number of ether oxygens (including phenoxy) is 2. The van der Waals surface area contributed by atoms with E-state index in [-0.39, 0.29) is 0 Å². The first-order valence-electron chi connectivity index (χ1n) is 8.05. The minimum absolute atomic E-state index is 0.342. The number of hydrogen-bond acceptors (Lipinski definition) is 5. The third kappa shape index (κ3) is 4.58. The van der Waals surface area contributed by atoms with Crippen LogP contribution in [0.4, 0.5) is 0 Å². The van der Waals surface area contributed by atoms with Crippen molar-refractivity contribution in [2.24, 2.45) is 4.99 Å². The molecule has 6 nitrogen and oxygen atoms in total. The molecule has 2 aromatic carbocycles. The maximum absolute atomic E-state index is 9.37. The monoisotopic (exact) mass is 349 g/mol. The molecule has 0 spiro atoms. The summed E-state index contributed by atoms with van der Waals surface area (Å²) in [6, 6.07) is 20.6. The fraction of sp³-hybridized carbons (Fsp3) is 0.100. The van der Waals surface area contributed by atoms with Gasteiger partial charge < -0.3 is 9.47 Å². The number of nitrogens with one attached hydrogen (secondary N) is 1. The summed E-state index contributed by atoms with van der Waals surface area (Å²) in [6.07, 6.45) is 1.59. The van der Waals surface area contributed by atoms with Crippen LogP contribution in [-0.4, -0.2) is 23.1 Å². The van der Waals surface area contributed by atoms with E-state index in [1.165, 1.54) is 0 Å². The smallest absolute Gasteiger partial charge is 0.219 e. The number of pyridine rings is 1. The molecule has 1 aromatic heterocycles. The van der Waals surface area contributed by atoms with Crippen LogP contribution in [0.15, 0.2) is 77.9 Å². The Labute approximate surface area is 151 Å². The van der Waals surface area contributed by atoms with Crippen molar-refractivity contribution in [1.82, 2.24) is 10.5 Å². The van der Waals surface area contributed by atoms with Crippen molar-refractivity contribution in [2.45, 2.75) is 6.54 Å². The van der Waals surface area contributed by atoms with Gasteiger partial charge in [0.2, 0.25) is 5.88 Å². The molecule has 0 unspecified atom stereocenters. The van der Waals surface area contributed by atoms with Gasteiger partial charge >= 0.3 is 0 Å². The van der Waals surface area contributed by atoms with E-state index >= 15 is 0 Å². The first-order chi connectivity index (χ1) is 12.8. The Bertz CT molecular complexity index is 865. The second kappa shape index (κ2) is 8.64. The lowest BCUT2D eigenvalue weighted by atomic mass is 10.2. The van der Waals surface area contributed by atoms with Gasteiger partial charge in [0, 0.05) is 23.9 Å². The quantitative estimate of drug-likeness (QED) is 0.402. The van der Waals surface area contributed by atoms with Crippen LogP contribution in [0.2, 0.25) is 0 Å². The molecule has 0 bridgehead atoms. The van der Waals surface area contributed by atoms with Crippen molar-refractivity contribution in [2.75, 3.05) is 7.11 Å². The van der Waals surface area contributed by atoms with Gasteiger partial charge in [0.15, 0.2) is 5.84 Å². The van der Waals surface area contributed by atoms with E-state index in [0.717, 1.165) is 5.56 Å². The van der Waals surface area contributed by atoms with Gasteiger partial charge in [-0.3, -0.25) is 15.7 Å². The van der Waals surface area contributed by atoms with Crippen LogP contribution < -0.4 is 15.0 Å². The molecule has 0 atom stereocenters. The van der Waals surface area contributed by atoms with E-state index in [1.807, 2.05) is 48.5 Å². The van der Waals surface area contributed by atoms with Crippen LogP contribution in [0.25, 0.3) is 0 Å². The highest BCUT2D eigenvalue weighted by Crippen LogP contribution is 2.23. The maximum atomic E-state index is 9.37. The van der Waals surface area contributed by atoms with Crippen LogP contribution in [0.3, 0.4) is 0 Å². The van der Waals surface area contributed by atoms with Crippen molar-refractivity contribution in [3.63, 3.8) is 0 Å². The van der Waals surface area contributed by atoms with Crippen LogP contribution >= 0.6 is 0 Å². The Morgan fingerprint density at radius 2 is 1.85 bits per heavy atom. The standard InChI is InChI=1S/C20H19N3O3/c1-25-17-8-5-9-18(12-17)26-19-11-10-16(14-21-19)20(23-24)22-13-15-6-3-2-4-7-15/h2-12,14,24H,13H2,1H3,(H,22,23). The summed E-state index contributed by atoms with van der Waals surface area (Å²) < 4.78 is 10.9. The summed E-state index contributed by atoms with van der Waals surface area (Å²) in [7, 11) is 1.60. The molecule has 0 amide bonds. The summed E-state index contributed by atoms with van der Waals surface area (Å²) >= 11 is 0. The minimum Gasteiger partial charge on any atom is -0.497 e. The van der Waals surface area contributed by atoms with E-state index in [1.54, 1.807) is 31.5 Å². The Morgan fingerprint density at radius 1 is 1.04 bits per heavy atom. The predicted octanol–water partition coefficient (Wildman–Crippen LogP) is 3.81. The lowest BCUT2D eigenvalue weighted by Crippen LogP contribution is -2.20. The predicted molar refractivity (Wildman–Crippen MR) is 98.9 cm³/mol. The van der Waals surface area contributed by atoms with Gasteiger partial charge in [-0.05, 0) is 23.8 Å². The maximum Gasteiger partial charge on any atom is 0.219 e. The lowest BCUT2D eigenvalue weighted by molar-refractivity contribution is 0.234. The third-order valence-electron chi connectivity index (χ3n) is 3.64.